The highest BCUT2D eigenvalue weighted by Crippen LogP contribution is 2.27. The number of benzene rings is 2. The molecule has 0 aliphatic rings. The van der Waals surface area contributed by atoms with E-state index in [4.69, 9.17) is 0 Å². The Morgan fingerprint density at radius 2 is 1.88 bits per heavy atom. The van der Waals surface area contributed by atoms with Crippen molar-refractivity contribution >= 4 is 26.6 Å². The normalized spacial score (nSPS) is 12.3. The summed E-state index contributed by atoms with van der Waals surface area (Å²) in [6.07, 6.45) is -3.46. The summed E-state index contributed by atoms with van der Waals surface area (Å²) in [6, 6.07) is 8.98. The highest BCUT2D eigenvalue weighted by atomic mass is 32.2. The summed E-state index contributed by atoms with van der Waals surface area (Å²) in [5.41, 5.74) is 0.868. The Balaban J connectivity index is 1.93. The Morgan fingerprint density at radius 1 is 1.12 bits per heavy atom. The van der Waals surface area contributed by atoms with Gasteiger partial charge in [0.05, 0.1) is 22.3 Å². The predicted octanol–water partition coefficient (Wildman–Crippen LogP) is 3.26. The number of rotatable bonds is 4. The fraction of sp³-hybridized carbons (Fsp3) is 0.0714. The van der Waals surface area contributed by atoms with E-state index in [0.29, 0.717) is 10.9 Å². The summed E-state index contributed by atoms with van der Waals surface area (Å²) >= 11 is 0. The van der Waals surface area contributed by atoms with Gasteiger partial charge in [-0.3, -0.25) is 9.82 Å². The van der Waals surface area contributed by atoms with E-state index in [9.17, 15) is 21.6 Å². The number of hydrogen-bond donors (Lipinski definition) is 2. The maximum absolute atomic E-state index is 12.4. The van der Waals surface area contributed by atoms with Crippen LogP contribution in [0.15, 0.2) is 53.6 Å². The molecule has 3 rings (SSSR count). The summed E-state index contributed by atoms with van der Waals surface area (Å²) in [7, 11) is -4.10. The van der Waals surface area contributed by atoms with Crippen molar-refractivity contribution in [3.63, 3.8) is 0 Å². The van der Waals surface area contributed by atoms with Crippen LogP contribution in [-0.2, 0) is 10.0 Å². The third-order valence-electron chi connectivity index (χ3n) is 3.08. The lowest BCUT2D eigenvalue weighted by Crippen LogP contribution is -2.18. The quantitative estimate of drug-likeness (QED) is 0.751. The minimum Gasteiger partial charge on any atom is -0.406 e. The molecule has 1 heterocycles. The monoisotopic (exact) mass is 357 g/mol. The summed E-state index contributed by atoms with van der Waals surface area (Å²) in [5.74, 6) is -0.619. The largest absolute Gasteiger partial charge is 0.573 e. The molecule has 2 N–H and O–H groups in total. The number of aromatic amines is 1. The Labute approximate surface area is 134 Å². The van der Waals surface area contributed by atoms with Gasteiger partial charge >= 0.3 is 6.36 Å². The molecule has 0 fully saturated rings. The van der Waals surface area contributed by atoms with Crippen molar-refractivity contribution in [1.29, 1.82) is 0 Å². The van der Waals surface area contributed by atoms with Crippen LogP contribution >= 0.6 is 0 Å². The zero-order valence-corrected chi connectivity index (χ0v) is 12.6. The number of nitrogens with zero attached hydrogens (tertiary/aromatic N) is 1. The third kappa shape index (κ3) is 3.43. The van der Waals surface area contributed by atoms with Gasteiger partial charge in [0.15, 0.2) is 0 Å². The summed E-state index contributed by atoms with van der Waals surface area (Å²) in [5, 5.41) is 7.04. The highest BCUT2D eigenvalue weighted by molar-refractivity contribution is 7.92. The molecule has 0 radical (unpaired) electrons. The Morgan fingerprint density at radius 3 is 2.62 bits per heavy atom. The van der Waals surface area contributed by atoms with E-state index in [1.807, 2.05) is 0 Å². The molecule has 0 bridgehead atoms. The van der Waals surface area contributed by atoms with E-state index in [2.05, 4.69) is 19.7 Å². The van der Waals surface area contributed by atoms with Crippen LogP contribution in [0.25, 0.3) is 10.9 Å². The number of sulfonamides is 1. The van der Waals surface area contributed by atoms with Gasteiger partial charge in [-0.2, -0.15) is 5.10 Å². The maximum atomic E-state index is 12.4. The second-order valence-electron chi connectivity index (χ2n) is 4.76. The lowest BCUT2D eigenvalue weighted by molar-refractivity contribution is -0.274. The SMILES string of the molecule is O=S(=O)(Nc1cccc2[nH]ncc12)c1cccc(OC(F)(F)F)c1. The minimum absolute atomic E-state index is 0.253. The highest BCUT2D eigenvalue weighted by Gasteiger charge is 2.31. The molecular weight excluding hydrogens is 347 g/mol. The van der Waals surface area contributed by atoms with Gasteiger partial charge in [0, 0.05) is 11.5 Å². The number of fused-ring (bicyclic) bond motifs is 1. The Kier molecular flexibility index (Phi) is 3.84. The van der Waals surface area contributed by atoms with Crippen LogP contribution in [0.2, 0.25) is 0 Å². The molecule has 2 aromatic carbocycles. The van der Waals surface area contributed by atoms with Crippen molar-refractivity contribution in [2.75, 3.05) is 4.72 Å². The molecule has 0 saturated carbocycles. The second kappa shape index (κ2) is 5.71. The fourth-order valence-corrected chi connectivity index (χ4v) is 3.21. The zero-order chi connectivity index (χ0) is 17.4. The molecule has 0 amide bonds. The van der Waals surface area contributed by atoms with E-state index in [0.717, 1.165) is 18.2 Å². The van der Waals surface area contributed by atoms with Crippen LogP contribution in [0.3, 0.4) is 0 Å². The van der Waals surface area contributed by atoms with Crippen molar-refractivity contribution in [2.24, 2.45) is 0 Å². The van der Waals surface area contributed by atoms with Gasteiger partial charge in [-0.1, -0.05) is 12.1 Å². The van der Waals surface area contributed by atoms with E-state index in [-0.39, 0.29) is 10.6 Å². The van der Waals surface area contributed by atoms with Crippen LogP contribution < -0.4 is 9.46 Å². The number of alkyl halides is 3. The number of nitrogens with one attached hydrogen (secondary N) is 2. The minimum atomic E-state index is -4.90. The van der Waals surface area contributed by atoms with Gasteiger partial charge in [0.2, 0.25) is 0 Å². The standard InChI is InChI=1S/C14H10F3N3O3S/c15-14(16,17)23-9-3-1-4-10(7-9)24(21,22)20-13-6-2-5-12-11(13)8-18-19-12/h1-8,20H,(H,18,19). The second-order valence-corrected chi connectivity index (χ2v) is 6.45. The van der Waals surface area contributed by atoms with Gasteiger partial charge in [-0.25, -0.2) is 8.42 Å². The van der Waals surface area contributed by atoms with Crippen molar-refractivity contribution in [3.8, 4) is 5.75 Å². The first-order valence-corrected chi connectivity index (χ1v) is 8.04. The molecular formula is C14H10F3N3O3S. The first-order chi connectivity index (χ1) is 11.2. The molecule has 1 aromatic heterocycles. The molecule has 10 heteroatoms. The molecule has 0 saturated heterocycles. The van der Waals surface area contributed by atoms with Crippen molar-refractivity contribution < 1.29 is 26.3 Å². The lowest BCUT2D eigenvalue weighted by atomic mass is 10.2. The number of ether oxygens (including phenoxy) is 1. The molecule has 0 unspecified atom stereocenters. The van der Waals surface area contributed by atoms with Gasteiger partial charge in [-0.05, 0) is 24.3 Å². The average molecular weight is 357 g/mol. The molecule has 6 nitrogen and oxygen atoms in total. The van der Waals surface area contributed by atoms with E-state index < -0.39 is 22.1 Å². The predicted molar refractivity (Wildman–Crippen MR) is 80.0 cm³/mol. The molecule has 24 heavy (non-hydrogen) atoms. The number of anilines is 1. The Bertz CT molecular complexity index is 983. The maximum Gasteiger partial charge on any atom is 0.573 e. The van der Waals surface area contributed by atoms with Crippen LogP contribution in [-0.4, -0.2) is 25.0 Å². The van der Waals surface area contributed by atoms with Crippen LogP contribution in [0.1, 0.15) is 0 Å². The van der Waals surface area contributed by atoms with Gasteiger partial charge in [-0.15, -0.1) is 13.2 Å². The molecule has 3 aromatic rings. The fourth-order valence-electron chi connectivity index (χ4n) is 2.10. The number of aromatic nitrogens is 2. The first-order valence-electron chi connectivity index (χ1n) is 6.55. The Hall–Kier alpha value is -2.75. The molecule has 0 atom stereocenters. The van der Waals surface area contributed by atoms with E-state index in [1.165, 1.54) is 18.3 Å². The summed E-state index contributed by atoms with van der Waals surface area (Å²) in [4.78, 5) is -0.357. The van der Waals surface area contributed by atoms with E-state index in [1.54, 1.807) is 12.1 Å². The smallest absolute Gasteiger partial charge is 0.406 e. The molecule has 126 valence electrons. The number of hydrogen-bond acceptors (Lipinski definition) is 4. The summed E-state index contributed by atoms with van der Waals surface area (Å²) in [6.45, 7) is 0. The zero-order valence-electron chi connectivity index (χ0n) is 11.8. The molecule has 0 spiro atoms. The average Bonchev–Trinajstić information content (AvgIpc) is 2.95. The van der Waals surface area contributed by atoms with Crippen molar-refractivity contribution in [2.45, 2.75) is 11.3 Å². The van der Waals surface area contributed by atoms with Crippen LogP contribution in [0.5, 0.6) is 5.75 Å². The lowest BCUT2D eigenvalue weighted by Gasteiger charge is -2.12. The molecule has 0 aliphatic heterocycles. The number of H-pyrrole nitrogens is 1. The van der Waals surface area contributed by atoms with Crippen LogP contribution in [0, 0.1) is 0 Å². The molecule has 0 aliphatic carbocycles. The van der Waals surface area contributed by atoms with Gasteiger partial charge < -0.3 is 4.74 Å². The van der Waals surface area contributed by atoms with Gasteiger partial charge in [0.1, 0.15) is 5.75 Å². The van der Waals surface area contributed by atoms with Crippen LogP contribution in [0.4, 0.5) is 18.9 Å². The summed E-state index contributed by atoms with van der Waals surface area (Å²) < 4.78 is 67.7. The first kappa shape index (κ1) is 16.1. The van der Waals surface area contributed by atoms with Gasteiger partial charge in [0.25, 0.3) is 10.0 Å². The number of halogens is 3. The third-order valence-corrected chi connectivity index (χ3v) is 4.44. The van der Waals surface area contributed by atoms with Crippen molar-refractivity contribution in [1.82, 2.24) is 10.2 Å². The van der Waals surface area contributed by atoms with Crippen molar-refractivity contribution in [3.05, 3.63) is 48.7 Å². The topological polar surface area (TPSA) is 84.1 Å². The van der Waals surface area contributed by atoms with E-state index >= 15 is 0 Å².